The number of imidazole rings is 1. The maximum Gasteiger partial charge on any atom is 0.145 e. The summed E-state index contributed by atoms with van der Waals surface area (Å²) in [5.41, 5.74) is 2.96. The molecule has 21 heavy (non-hydrogen) atoms. The van der Waals surface area contributed by atoms with Crippen molar-refractivity contribution in [3.05, 3.63) is 41.0 Å². The molecule has 1 aromatic carbocycles. The number of halogens is 1. The molecule has 0 atom stereocenters. The van der Waals surface area contributed by atoms with E-state index in [4.69, 9.17) is 4.74 Å². The molecule has 3 aromatic rings. The molecule has 3 heterocycles. The van der Waals surface area contributed by atoms with Gasteiger partial charge in [0.1, 0.15) is 23.0 Å². The molecule has 0 bridgehead atoms. The number of ether oxygens (including phenoxy) is 1. The maximum atomic E-state index is 6.26. The Bertz CT molecular complexity index is 793. The summed E-state index contributed by atoms with van der Waals surface area (Å²) in [6.45, 7) is 2.05. The first kappa shape index (κ1) is 13.1. The van der Waals surface area contributed by atoms with Gasteiger partial charge in [0.05, 0.1) is 5.52 Å². The predicted molar refractivity (Wildman–Crippen MR) is 86.9 cm³/mol. The Morgan fingerprint density at radius 3 is 2.90 bits per heavy atom. The van der Waals surface area contributed by atoms with Crippen LogP contribution in [0.2, 0.25) is 0 Å². The van der Waals surface area contributed by atoms with Crippen LogP contribution in [0.3, 0.4) is 0 Å². The molecule has 1 aliphatic heterocycles. The highest BCUT2D eigenvalue weighted by Gasteiger charge is 2.17. The summed E-state index contributed by atoms with van der Waals surface area (Å²) in [6.07, 6.45) is 4.43. The lowest BCUT2D eigenvalue weighted by atomic mass is 10.1. The van der Waals surface area contributed by atoms with Crippen molar-refractivity contribution in [1.29, 1.82) is 0 Å². The van der Waals surface area contributed by atoms with Gasteiger partial charge in [0, 0.05) is 10.7 Å². The highest BCUT2D eigenvalue weighted by Crippen LogP contribution is 2.29. The smallest absolute Gasteiger partial charge is 0.145 e. The van der Waals surface area contributed by atoms with Crippen molar-refractivity contribution < 1.29 is 4.74 Å². The number of nitrogens with one attached hydrogen (secondary N) is 1. The van der Waals surface area contributed by atoms with Crippen LogP contribution in [0.1, 0.15) is 12.8 Å². The minimum absolute atomic E-state index is 0.287. The summed E-state index contributed by atoms with van der Waals surface area (Å²) < 4.78 is 9.39. The number of piperidine rings is 1. The number of rotatable bonds is 2. The van der Waals surface area contributed by atoms with Gasteiger partial charge in [-0.15, -0.1) is 0 Å². The average molecular weight is 346 g/mol. The van der Waals surface area contributed by atoms with E-state index in [9.17, 15) is 0 Å². The van der Waals surface area contributed by atoms with E-state index in [1.807, 2.05) is 36.5 Å². The van der Waals surface area contributed by atoms with Crippen molar-refractivity contribution >= 4 is 32.6 Å². The fourth-order valence-electron chi connectivity index (χ4n) is 2.89. The average Bonchev–Trinajstić information content (AvgIpc) is 2.87. The van der Waals surface area contributed by atoms with Crippen molar-refractivity contribution in [2.75, 3.05) is 13.1 Å². The minimum Gasteiger partial charge on any atom is -0.488 e. The summed E-state index contributed by atoms with van der Waals surface area (Å²) >= 11 is 3.53. The van der Waals surface area contributed by atoms with Gasteiger partial charge in [-0.2, -0.15) is 0 Å². The van der Waals surface area contributed by atoms with Crippen LogP contribution in [0, 0.1) is 0 Å². The second-order valence-electron chi connectivity index (χ2n) is 5.38. The van der Waals surface area contributed by atoms with Gasteiger partial charge in [-0.1, -0.05) is 6.07 Å². The number of hydrogen-bond donors (Lipinski definition) is 1. The molecule has 1 N–H and O–H groups in total. The van der Waals surface area contributed by atoms with Crippen molar-refractivity contribution in [2.24, 2.45) is 0 Å². The minimum atomic E-state index is 0.287. The second-order valence-corrected chi connectivity index (χ2v) is 6.29. The van der Waals surface area contributed by atoms with E-state index in [1.165, 1.54) is 0 Å². The number of hydrogen-bond acceptors (Lipinski definition) is 3. The van der Waals surface area contributed by atoms with Crippen LogP contribution in [-0.2, 0) is 0 Å². The lowest BCUT2D eigenvalue weighted by molar-refractivity contribution is 0.164. The normalized spacial score (nSPS) is 16.6. The number of pyridine rings is 1. The van der Waals surface area contributed by atoms with Gasteiger partial charge in [-0.25, -0.2) is 4.98 Å². The lowest BCUT2D eigenvalue weighted by Crippen LogP contribution is -2.34. The highest BCUT2D eigenvalue weighted by molar-refractivity contribution is 9.10. The highest BCUT2D eigenvalue weighted by atomic mass is 79.9. The van der Waals surface area contributed by atoms with E-state index in [2.05, 4.69) is 30.6 Å². The van der Waals surface area contributed by atoms with Gasteiger partial charge >= 0.3 is 0 Å². The maximum absolute atomic E-state index is 6.26. The quantitative estimate of drug-likeness (QED) is 0.773. The third-order valence-corrected chi connectivity index (χ3v) is 4.39. The summed E-state index contributed by atoms with van der Waals surface area (Å²) in [6, 6.07) is 10.1. The second kappa shape index (κ2) is 5.31. The van der Waals surface area contributed by atoms with Crippen LogP contribution in [-0.4, -0.2) is 28.6 Å². The van der Waals surface area contributed by atoms with E-state index in [1.54, 1.807) is 0 Å². The zero-order valence-corrected chi connectivity index (χ0v) is 13.1. The summed E-state index contributed by atoms with van der Waals surface area (Å²) in [5, 5.41) is 3.37. The molecule has 1 aliphatic rings. The molecule has 1 fully saturated rings. The number of aromatic nitrogens is 2. The molecule has 2 aromatic heterocycles. The molecule has 4 nitrogen and oxygen atoms in total. The molecule has 0 amide bonds. The number of benzene rings is 1. The Morgan fingerprint density at radius 2 is 2.05 bits per heavy atom. The van der Waals surface area contributed by atoms with Crippen LogP contribution >= 0.6 is 15.9 Å². The van der Waals surface area contributed by atoms with Gasteiger partial charge in [-0.05, 0) is 66.1 Å². The van der Waals surface area contributed by atoms with Crippen LogP contribution in [0.4, 0.5) is 0 Å². The first-order chi connectivity index (χ1) is 10.3. The molecule has 1 saturated heterocycles. The van der Waals surface area contributed by atoms with E-state index in [0.29, 0.717) is 0 Å². The Labute approximate surface area is 131 Å². The first-order valence-corrected chi connectivity index (χ1v) is 8.04. The van der Waals surface area contributed by atoms with Crippen molar-refractivity contribution in [1.82, 2.24) is 14.7 Å². The fraction of sp³-hybridized carbons (Fsp3) is 0.312. The molecule has 108 valence electrons. The number of para-hydroxylation sites is 1. The monoisotopic (exact) mass is 345 g/mol. The van der Waals surface area contributed by atoms with E-state index >= 15 is 0 Å². The standard InChI is InChI=1S/C16H16BrN3O/c17-11-4-5-15-19-13-2-1-3-14(16(13)20(15)10-11)21-12-6-8-18-9-7-12/h1-5,10,12,18H,6-9H2. The number of nitrogens with zero attached hydrogens (tertiary/aromatic N) is 2. The first-order valence-electron chi connectivity index (χ1n) is 7.25. The van der Waals surface area contributed by atoms with Gasteiger partial charge in [0.25, 0.3) is 0 Å². The summed E-state index contributed by atoms with van der Waals surface area (Å²) in [7, 11) is 0. The number of fused-ring (bicyclic) bond motifs is 3. The van der Waals surface area contributed by atoms with E-state index in [0.717, 1.165) is 52.8 Å². The molecular formula is C16H16BrN3O. The summed E-state index contributed by atoms with van der Waals surface area (Å²) in [4.78, 5) is 4.66. The topological polar surface area (TPSA) is 38.6 Å². The molecule has 0 aliphatic carbocycles. The van der Waals surface area contributed by atoms with Crippen molar-refractivity contribution in [3.8, 4) is 5.75 Å². The van der Waals surface area contributed by atoms with Crippen LogP contribution < -0.4 is 10.1 Å². The zero-order chi connectivity index (χ0) is 14.2. The Hall–Kier alpha value is -1.59. The van der Waals surface area contributed by atoms with E-state index < -0.39 is 0 Å². The van der Waals surface area contributed by atoms with Crippen molar-refractivity contribution in [3.63, 3.8) is 0 Å². The fourth-order valence-corrected chi connectivity index (χ4v) is 3.23. The zero-order valence-electron chi connectivity index (χ0n) is 11.6. The molecule has 0 radical (unpaired) electrons. The third-order valence-electron chi connectivity index (χ3n) is 3.92. The Kier molecular flexibility index (Phi) is 3.31. The van der Waals surface area contributed by atoms with Gasteiger partial charge in [0.15, 0.2) is 0 Å². The van der Waals surface area contributed by atoms with Gasteiger partial charge in [-0.3, -0.25) is 4.40 Å². The molecule has 4 rings (SSSR count). The molecular weight excluding hydrogens is 330 g/mol. The third kappa shape index (κ3) is 2.40. The molecule has 0 unspecified atom stereocenters. The van der Waals surface area contributed by atoms with Crippen molar-refractivity contribution in [2.45, 2.75) is 18.9 Å². The molecule has 0 saturated carbocycles. The van der Waals surface area contributed by atoms with Gasteiger partial charge in [0.2, 0.25) is 0 Å². The predicted octanol–water partition coefficient (Wildman–Crippen LogP) is 3.38. The van der Waals surface area contributed by atoms with Gasteiger partial charge < -0.3 is 10.1 Å². The Balaban J connectivity index is 1.83. The van der Waals surface area contributed by atoms with Crippen LogP contribution in [0.15, 0.2) is 41.0 Å². The summed E-state index contributed by atoms with van der Waals surface area (Å²) in [5.74, 6) is 0.921. The SMILES string of the molecule is Brc1ccc2nc3cccc(OC4CCNCC4)c3n2c1. The van der Waals surface area contributed by atoms with Crippen LogP contribution in [0.25, 0.3) is 16.7 Å². The largest absolute Gasteiger partial charge is 0.488 e. The Morgan fingerprint density at radius 1 is 1.19 bits per heavy atom. The van der Waals surface area contributed by atoms with Crippen LogP contribution in [0.5, 0.6) is 5.75 Å². The lowest BCUT2D eigenvalue weighted by Gasteiger charge is -2.24. The molecule has 5 heteroatoms. The van der Waals surface area contributed by atoms with E-state index in [-0.39, 0.29) is 6.10 Å². The molecule has 0 spiro atoms.